The van der Waals surface area contributed by atoms with Crippen LogP contribution in [0.15, 0.2) is 42.5 Å². The van der Waals surface area contributed by atoms with E-state index in [2.05, 4.69) is 10.6 Å². The summed E-state index contributed by atoms with van der Waals surface area (Å²) in [4.78, 5) is 23.9. The van der Waals surface area contributed by atoms with E-state index in [0.29, 0.717) is 11.1 Å². The van der Waals surface area contributed by atoms with Crippen molar-refractivity contribution in [3.05, 3.63) is 59.4 Å². The van der Waals surface area contributed by atoms with Gasteiger partial charge in [-0.15, -0.1) is 0 Å². The highest BCUT2D eigenvalue weighted by Gasteiger charge is 2.56. The molecule has 1 heterocycles. The molecule has 1 aliphatic carbocycles. The lowest BCUT2D eigenvalue weighted by Gasteiger charge is -2.23. The summed E-state index contributed by atoms with van der Waals surface area (Å²) in [6.07, 6.45) is 0. The number of fused-ring (bicyclic) bond motifs is 5. The summed E-state index contributed by atoms with van der Waals surface area (Å²) in [7, 11) is 0. The van der Waals surface area contributed by atoms with Crippen molar-refractivity contribution in [3.8, 4) is 11.1 Å². The molecule has 2 aliphatic rings. The standard InChI is InChI=1S/C15H9FN2O2/c16-11-7-3-5-9-8-4-1-2-6-10(8)15(12(9)11)13(19)17-14(20)18-15/h1-7H,(H2,17,18,19,20). The first-order chi connectivity index (χ1) is 9.64. The van der Waals surface area contributed by atoms with E-state index in [9.17, 15) is 14.0 Å². The Balaban J connectivity index is 2.16. The zero-order valence-electron chi connectivity index (χ0n) is 10.2. The maximum absolute atomic E-state index is 14.3. The van der Waals surface area contributed by atoms with E-state index in [1.165, 1.54) is 6.07 Å². The fourth-order valence-corrected chi connectivity index (χ4v) is 3.13. The summed E-state index contributed by atoms with van der Waals surface area (Å²) < 4.78 is 14.3. The van der Waals surface area contributed by atoms with E-state index in [1.807, 2.05) is 12.1 Å². The Morgan fingerprint density at radius 1 is 0.950 bits per heavy atom. The Labute approximate surface area is 113 Å². The Kier molecular flexibility index (Phi) is 1.92. The van der Waals surface area contributed by atoms with Gasteiger partial charge in [-0.3, -0.25) is 10.1 Å². The van der Waals surface area contributed by atoms with Crippen LogP contribution in [0.5, 0.6) is 0 Å². The normalized spacial score (nSPS) is 22.4. The molecule has 1 fully saturated rings. The van der Waals surface area contributed by atoms with E-state index >= 15 is 0 Å². The number of benzene rings is 2. The average Bonchev–Trinajstić information content (AvgIpc) is 2.89. The molecule has 0 saturated carbocycles. The van der Waals surface area contributed by atoms with Crippen molar-refractivity contribution in [2.75, 3.05) is 0 Å². The lowest BCUT2D eigenvalue weighted by atomic mass is 9.87. The van der Waals surface area contributed by atoms with E-state index in [1.54, 1.807) is 24.3 Å². The zero-order chi connectivity index (χ0) is 13.9. The molecule has 5 heteroatoms. The fraction of sp³-hybridized carbons (Fsp3) is 0.0667. The summed E-state index contributed by atoms with van der Waals surface area (Å²) in [6.45, 7) is 0. The Morgan fingerprint density at radius 2 is 1.70 bits per heavy atom. The van der Waals surface area contributed by atoms with Crippen molar-refractivity contribution in [2.24, 2.45) is 0 Å². The first-order valence-corrected chi connectivity index (χ1v) is 6.17. The predicted octanol–water partition coefficient (Wildman–Crippen LogP) is 1.89. The molecule has 2 aromatic rings. The molecule has 1 saturated heterocycles. The topological polar surface area (TPSA) is 58.2 Å². The van der Waals surface area contributed by atoms with Crippen LogP contribution in [-0.2, 0) is 10.3 Å². The molecule has 2 aromatic carbocycles. The number of urea groups is 1. The predicted molar refractivity (Wildman–Crippen MR) is 69.3 cm³/mol. The molecule has 1 aliphatic heterocycles. The van der Waals surface area contributed by atoms with Crippen LogP contribution in [0.3, 0.4) is 0 Å². The van der Waals surface area contributed by atoms with Crippen LogP contribution >= 0.6 is 0 Å². The molecule has 2 N–H and O–H groups in total. The summed E-state index contributed by atoms with van der Waals surface area (Å²) in [5, 5.41) is 4.80. The smallest absolute Gasteiger partial charge is 0.316 e. The maximum atomic E-state index is 14.3. The minimum absolute atomic E-state index is 0.213. The summed E-state index contributed by atoms with van der Waals surface area (Å²) >= 11 is 0. The van der Waals surface area contributed by atoms with Crippen molar-refractivity contribution in [2.45, 2.75) is 5.54 Å². The number of hydrogen-bond acceptors (Lipinski definition) is 2. The van der Waals surface area contributed by atoms with Gasteiger partial charge in [-0.25, -0.2) is 9.18 Å². The molecule has 1 atom stereocenters. The van der Waals surface area contributed by atoms with Gasteiger partial charge in [0.05, 0.1) is 0 Å². The largest absolute Gasteiger partial charge is 0.322 e. The maximum Gasteiger partial charge on any atom is 0.322 e. The van der Waals surface area contributed by atoms with E-state index < -0.39 is 23.3 Å². The summed E-state index contributed by atoms with van der Waals surface area (Å²) in [6, 6.07) is 11.2. The summed E-state index contributed by atoms with van der Waals surface area (Å²) in [5.41, 5.74) is 0.763. The lowest BCUT2D eigenvalue weighted by molar-refractivity contribution is -0.122. The van der Waals surface area contributed by atoms with Gasteiger partial charge in [-0.2, -0.15) is 0 Å². The van der Waals surface area contributed by atoms with Gasteiger partial charge in [0, 0.05) is 5.56 Å². The number of nitrogens with one attached hydrogen (secondary N) is 2. The minimum atomic E-state index is -1.45. The number of amides is 3. The third-order valence-electron chi connectivity index (χ3n) is 3.88. The molecule has 4 rings (SSSR count). The molecule has 20 heavy (non-hydrogen) atoms. The Morgan fingerprint density at radius 3 is 2.45 bits per heavy atom. The molecular weight excluding hydrogens is 259 g/mol. The van der Waals surface area contributed by atoms with Crippen LogP contribution in [0.1, 0.15) is 11.1 Å². The highest BCUT2D eigenvalue weighted by molar-refractivity contribution is 6.13. The van der Waals surface area contributed by atoms with Crippen LogP contribution in [0.25, 0.3) is 11.1 Å². The van der Waals surface area contributed by atoms with Crippen molar-refractivity contribution in [3.63, 3.8) is 0 Å². The molecule has 0 radical (unpaired) electrons. The second-order valence-corrected chi connectivity index (χ2v) is 4.87. The molecule has 0 aromatic heterocycles. The van der Waals surface area contributed by atoms with Gasteiger partial charge in [0.2, 0.25) is 0 Å². The Bertz CT molecular complexity index is 787. The Hall–Kier alpha value is -2.69. The van der Waals surface area contributed by atoms with Crippen LogP contribution in [-0.4, -0.2) is 11.9 Å². The van der Waals surface area contributed by atoms with Crippen molar-refractivity contribution >= 4 is 11.9 Å². The SMILES string of the molecule is O=C1NC(=O)C2(N1)c1ccccc1-c1cccc(F)c12. The third kappa shape index (κ3) is 1.10. The van der Waals surface area contributed by atoms with Crippen LogP contribution in [0.2, 0.25) is 0 Å². The highest BCUT2D eigenvalue weighted by atomic mass is 19.1. The van der Waals surface area contributed by atoms with Gasteiger partial charge in [-0.05, 0) is 22.8 Å². The molecule has 1 spiro atoms. The average molecular weight is 268 g/mol. The number of imide groups is 1. The van der Waals surface area contributed by atoms with Gasteiger partial charge in [0.15, 0.2) is 5.54 Å². The number of carbonyl (C=O) groups is 2. The fourth-order valence-electron chi connectivity index (χ4n) is 3.13. The molecule has 0 bridgehead atoms. The van der Waals surface area contributed by atoms with Crippen LogP contribution < -0.4 is 10.6 Å². The molecular formula is C15H9FN2O2. The monoisotopic (exact) mass is 268 g/mol. The number of carbonyl (C=O) groups excluding carboxylic acids is 2. The quantitative estimate of drug-likeness (QED) is 0.717. The van der Waals surface area contributed by atoms with Crippen LogP contribution in [0, 0.1) is 5.82 Å². The van der Waals surface area contributed by atoms with Gasteiger partial charge < -0.3 is 5.32 Å². The first kappa shape index (κ1) is 11.2. The number of rotatable bonds is 0. The van der Waals surface area contributed by atoms with E-state index in [-0.39, 0.29) is 5.56 Å². The van der Waals surface area contributed by atoms with E-state index in [0.717, 1.165) is 5.56 Å². The van der Waals surface area contributed by atoms with Gasteiger partial charge in [0.25, 0.3) is 5.91 Å². The number of halogens is 1. The van der Waals surface area contributed by atoms with Gasteiger partial charge in [-0.1, -0.05) is 36.4 Å². The highest BCUT2D eigenvalue weighted by Crippen LogP contribution is 2.49. The van der Waals surface area contributed by atoms with Gasteiger partial charge >= 0.3 is 6.03 Å². The molecule has 4 nitrogen and oxygen atoms in total. The van der Waals surface area contributed by atoms with Crippen LogP contribution in [0.4, 0.5) is 9.18 Å². The van der Waals surface area contributed by atoms with Crippen molar-refractivity contribution < 1.29 is 14.0 Å². The van der Waals surface area contributed by atoms with Gasteiger partial charge in [0.1, 0.15) is 5.82 Å². The minimum Gasteiger partial charge on any atom is -0.316 e. The van der Waals surface area contributed by atoms with Crippen molar-refractivity contribution in [1.82, 2.24) is 10.6 Å². The zero-order valence-corrected chi connectivity index (χ0v) is 10.2. The molecule has 1 unspecified atom stereocenters. The second-order valence-electron chi connectivity index (χ2n) is 4.87. The third-order valence-corrected chi connectivity index (χ3v) is 3.88. The lowest BCUT2D eigenvalue weighted by Crippen LogP contribution is -2.43. The molecule has 3 amide bonds. The molecule has 98 valence electrons. The van der Waals surface area contributed by atoms with E-state index in [4.69, 9.17) is 0 Å². The number of hydrogen-bond donors (Lipinski definition) is 2. The van der Waals surface area contributed by atoms with Crippen molar-refractivity contribution in [1.29, 1.82) is 0 Å². The summed E-state index contributed by atoms with van der Waals surface area (Å²) in [5.74, 6) is -1.05. The first-order valence-electron chi connectivity index (χ1n) is 6.17. The second kappa shape index (κ2) is 3.45.